The standard InChI is InChI=1S/C12H13Cl2N/c1-7-9-5-15-6-12(7,9)8-2-3-10(13)11(14)4-8/h2-4,7,9,15H,5-6H2,1H3/t7-,9+,12-/m0/s1. The minimum atomic E-state index is 0.341. The van der Waals surface area contributed by atoms with Gasteiger partial charge in [0.2, 0.25) is 0 Å². The van der Waals surface area contributed by atoms with E-state index in [4.69, 9.17) is 23.2 Å². The van der Waals surface area contributed by atoms with Gasteiger partial charge in [0.1, 0.15) is 0 Å². The van der Waals surface area contributed by atoms with E-state index in [1.165, 1.54) is 5.56 Å². The van der Waals surface area contributed by atoms with Gasteiger partial charge in [0.05, 0.1) is 10.0 Å². The van der Waals surface area contributed by atoms with E-state index in [0.717, 1.165) is 24.9 Å². The molecule has 15 heavy (non-hydrogen) atoms. The van der Waals surface area contributed by atoms with Crippen molar-refractivity contribution in [2.75, 3.05) is 13.1 Å². The lowest BCUT2D eigenvalue weighted by Crippen LogP contribution is -2.22. The number of nitrogens with one attached hydrogen (secondary N) is 1. The maximum atomic E-state index is 6.07. The normalized spacial score (nSPS) is 37.8. The van der Waals surface area contributed by atoms with Crippen LogP contribution in [0, 0.1) is 11.8 Å². The van der Waals surface area contributed by atoms with Crippen molar-refractivity contribution in [1.29, 1.82) is 0 Å². The van der Waals surface area contributed by atoms with Crippen LogP contribution in [-0.4, -0.2) is 13.1 Å². The predicted molar refractivity (Wildman–Crippen MR) is 63.7 cm³/mol. The fourth-order valence-electron chi connectivity index (χ4n) is 3.18. The highest BCUT2D eigenvalue weighted by Crippen LogP contribution is 2.61. The zero-order valence-electron chi connectivity index (χ0n) is 8.56. The lowest BCUT2D eigenvalue weighted by molar-refractivity contribution is 0.591. The molecule has 3 heteroatoms. The number of rotatable bonds is 1. The third-order valence-electron chi connectivity index (χ3n) is 4.21. The molecule has 3 rings (SSSR count). The third kappa shape index (κ3) is 1.20. The average molecular weight is 242 g/mol. The van der Waals surface area contributed by atoms with Crippen molar-refractivity contribution in [3.8, 4) is 0 Å². The van der Waals surface area contributed by atoms with Crippen molar-refractivity contribution in [3.05, 3.63) is 33.8 Å². The summed E-state index contributed by atoms with van der Waals surface area (Å²) < 4.78 is 0. The van der Waals surface area contributed by atoms with Crippen LogP contribution in [0.2, 0.25) is 10.0 Å². The molecule has 0 spiro atoms. The molecule has 2 aliphatic rings. The average Bonchev–Trinajstić information content (AvgIpc) is 2.64. The monoisotopic (exact) mass is 241 g/mol. The van der Waals surface area contributed by atoms with Crippen LogP contribution in [0.5, 0.6) is 0 Å². The van der Waals surface area contributed by atoms with Crippen LogP contribution in [0.15, 0.2) is 18.2 Å². The molecule has 1 aromatic rings. The summed E-state index contributed by atoms with van der Waals surface area (Å²) in [6, 6.07) is 6.07. The Kier molecular flexibility index (Phi) is 2.08. The van der Waals surface area contributed by atoms with E-state index in [-0.39, 0.29) is 0 Å². The SMILES string of the molecule is C[C@H]1[C@H]2CNC[C@]21c1ccc(Cl)c(Cl)c1. The highest BCUT2D eigenvalue weighted by atomic mass is 35.5. The van der Waals surface area contributed by atoms with E-state index >= 15 is 0 Å². The topological polar surface area (TPSA) is 12.0 Å². The van der Waals surface area contributed by atoms with Crippen molar-refractivity contribution in [1.82, 2.24) is 5.32 Å². The Morgan fingerprint density at radius 1 is 1.33 bits per heavy atom. The molecule has 1 saturated heterocycles. The van der Waals surface area contributed by atoms with Gasteiger partial charge in [-0.1, -0.05) is 36.2 Å². The van der Waals surface area contributed by atoms with Gasteiger partial charge in [-0.2, -0.15) is 0 Å². The summed E-state index contributed by atoms with van der Waals surface area (Å²) in [6.45, 7) is 4.55. The van der Waals surface area contributed by atoms with Crippen molar-refractivity contribution in [3.63, 3.8) is 0 Å². The molecule has 0 amide bonds. The van der Waals surface area contributed by atoms with Crippen molar-refractivity contribution < 1.29 is 0 Å². The predicted octanol–water partition coefficient (Wildman–Crippen LogP) is 3.10. The highest BCUT2D eigenvalue weighted by molar-refractivity contribution is 6.42. The van der Waals surface area contributed by atoms with E-state index in [0.29, 0.717) is 15.5 Å². The Hall–Kier alpha value is -0.240. The molecule has 0 unspecified atom stereocenters. The zero-order valence-corrected chi connectivity index (χ0v) is 10.1. The van der Waals surface area contributed by atoms with E-state index in [2.05, 4.69) is 18.3 Å². The molecule has 1 aliphatic heterocycles. The molecule has 80 valence electrons. The Bertz CT molecular complexity index is 418. The van der Waals surface area contributed by atoms with Crippen molar-refractivity contribution >= 4 is 23.2 Å². The first kappa shape index (κ1) is 9.95. The molecule has 1 heterocycles. The van der Waals surface area contributed by atoms with Crippen molar-refractivity contribution in [2.24, 2.45) is 11.8 Å². The Morgan fingerprint density at radius 2 is 2.13 bits per heavy atom. The Balaban J connectivity index is 2.03. The second kappa shape index (κ2) is 3.13. The van der Waals surface area contributed by atoms with Crippen LogP contribution in [0.4, 0.5) is 0 Å². The lowest BCUT2D eigenvalue weighted by Gasteiger charge is -2.15. The van der Waals surface area contributed by atoms with Gasteiger partial charge in [-0.15, -0.1) is 0 Å². The summed E-state index contributed by atoms with van der Waals surface area (Å²) in [5.41, 5.74) is 1.69. The van der Waals surface area contributed by atoms with Gasteiger partial charge in [-0.3, -0.25) is 0 Å². The van der Waals surface area contributed by atoms with Gasteiger partial charge in [0.25, 0.3) is 0 Å². The second-order valence-corrected chi connectivity index (χ2v) is 5.51. The van der Waals surface area contributed by atoms with Gasteiger partial charge in [0.15, 0.2) is 0 Å². The molecule has 1 nitrogen and oxygen atoms in total. The fraction of sp³-hybridized carbons (Fsp3) is 0.500. The molecular formula is C12H13Cl2N. The molecular weight excluding hydrogens is 229 g/mol. The first-order valence-corrected chi connectivity index (χ1v) is 6.08. The third-order valence-corrected chi connectivity index (χ3v) is 4.95. The van der Waals surface area contributed by atoms with Gasteiger partial charge in [0, 0.05) is 12.0 Å². The summed E-state index contributed by atoms with van der Waals surface area (Å²) in [5, 5.41) is 4.77. The number of hydrogen-bond acceptors (Lipinski definition) is 1. The largest absolute Gasteiger partial charge is 0.316 e. The number of fused-ring (bicyclic) bond motifs is 1. The highest BCUT2D eigenvalue weighted by Gasteiger charge is 2.64. The van der Waals surface area contributed by atoms with Crippen LogP contribution in [-0.2, 0) is 5.41 Å². The summed E-state index contributed by atoms with van der Waals surface area (Å²) in [4.78, 5) is 0. The molecule has 1 aliphatic carbocycles. The minimum Gasteiger partial charge on any atom is -0.316 e. The van der Waals surface area contributed by atoms with E-state index in [9.17, 15) is 0 Å². The summed E-state index contributed by atoms with van der Waals surface area (Å²) in [7, 11) is 0. The van der Waals surface area contributed by atoms with Crippen LogP contribution < -0.4 is 5.32 Å². The molecule has 1 saturated carbocycles. The number of hydrogen-bond donors (Lipinski definition) is 1. The van der Waals surface area contributed by atoms with Crippen LogP contribution in [0.1, 0.15) is 12.5 Å². The van der Waals surface area contributed by atoms with Gasteiger partial charge in [-0.05, 0) is 36.1 Å². The van der Waals surface area contributed by atoms with E-state index < -0.39 is 0 Å². The number of piperidine rings is 1. The van der Waals surface area contributed by atoms with Crippen LogP contribution >= 0.6 is 23.2 Å². The first-order valence-electron chi connectivity index (χ1n) is 5.32. The Morgan fingerprint density at radius 3 is 2.73 bits per heavy atom. The fourth-order valence-corrected chi connectivity index (χ4v) is 3.47. The molecule has 0 radical (unpaired) electrons. The van der Waals surface area contributed by atoms with Crippen LogP contribution in [0.25, 0.3) is 0 Å². The summed E-state index contributed by atoms with van der Waals surface area (Å²) >= 11 is 12.0. The van der Waals surface area contributed by atoms with E-state index in [1.807, 2.05) is 12.1 Å². The first-order chi connectivity index (χ1) is 7.16. The minimum absolute atomic E-state index is 0.341. The molecule has 1 N–H and O–H groups in total. The molecule has 3 atom stereocenters. The van der Waals surface area contributed by atoms with Crippen LogP contribution in [0.3, 0.4) is 0 Å². The zero-order chi connectivity index (χ0) is 10.6. The molecule has 2 fully saturated rings. The summed E-state index contributed by atoms with van der Waals surface area (Å²) in [5.74, 6) is 1.56. The van der Waals surface area contributed by atoms with Gasteiger partial charge >= 0.3 is 0 Å². The molecule has 0 bridgehead atoms. The quantitative estimate of drug-likeness (QED) is 0.797. The second-order valence-electron chi connectivity index (χ2n) is 4.70. The maximum absolute atomic E-state index is 6.07. The molecule has 0 aromatic heterocycles. The van der Waals surface area contributed by atoms with E-state index in [1.54, 1.807) is 0 Å². The van der Waals surface area contributed by atoms with Gasteiger partial charge < -0.3 is 5.32 Å². The maximum Gasteiger partial charge on any atom is 0.0595 e. The number of halogens is 2. The number of benzene rings is 1. The summed E-state index contributed by atoms with van der Waals surface area (Å²) in [6.07, 6.45) is 0. The lowest BCUT2D eigenvalue weighted by atomic mass is 9.93. The Labute approximate surface area is 99.8 Å². The smallest absolute Gasteiger partial charge is 0.0595 e. The van der Waals surface area contributed by atoms with Crippen molar-refractivity contribution in [2.45, 2.75) is 12.3 Å². The van der Waals surface area contributed by atoms with Gasteiger partial charge in [-0.25, -0.2) is 0 Å². The molecule has 1 aromatic carbocycles.